The number of methoxy groups -OCH3 is 2. The minimum atomic E-state index is -0.906. The molecule has 78 valence electrons. The molecule has 1 heterocycles. The van der Waals surface area contributed by atoms with E-state index in [0.29, 0.717) is 0 Å². The average molecular weight is 261 g/mol. The van der Waals surface area contributed by atoms with Crippen molar-refractivity contribution in [2.45, 2.75) is 5.79 Å². The molecule has 0 atom stereocenters. The molecule has 1 rings (SSSR count). The molecular formula is C9H13BrN2O2. The molecule has 0 amide bonds. The van der Waals surface area contributed by atoms with Crippen LogP contribution in [0.2, 0.25) is 0 Å². The molecule has 0 aromatic carbocycles. The lowest BCUT2D eigenvalue weighted by Crippen LogP contribution is -2.39. The van der Waals surface area contributed by atoms with Gasteiger partial charge in [0.1, 0.15) is 0 Å². The molecule has 0 fully saturated rings. The number of pyridine rings is 1. The van der Waals surface area contributed by atoms with Crippen molar-refractivity contribution in [1.82, 2.24) is 4.98 Å². The lowest BCUT2D eigenvalue weighted by molar-refractivity contribution is -0.208. The molecule has 0 bridgehead atoms. The van der Waals surface area contributed by atoms with Gasteiger partial charge in [-0.05, 0) is 22.0 Å². The van der Waals surface area contributed by atoms with Crippen LogP contribution in [0.1, 0.15) is 5.56 Å². The maximum Gasteiger partial charge on any atom is 0.208 e. The molecule has 0 aliphatic heterocycles. The van der Waals surface area contributed by atoms with E-state index in [1.807, 2.05) is 6.07 Å². The summed E-state index contributed by atoms with van der Waals surface area (Å²) in [5.41, 5.74) is 6.41. The first-order valence-electron chi connectivity index (χ1n) is 4.10. The Labute approximate surface area is 91.5 Å². The van der Waals surface area contributed by atoms with Crippen LogP contribution in [0.25, 0.3) is 0 Å². The molecule has 0 saturated carbocycles. The summed E-state index contributed by atoms with van der Waals surface area (Å²) in [5.74, 6) is -0.906. The molecular weight excluding hydrogens is 248 g/mol. The fourth-order valence-corrected chi connectivity index (χ4v) is 1.59. The van der Waals surface area contributed by atoms with Gasteiger partial charge in [-0.2, -0.15) is 0 Å². The number of hydrogen-bond donors (Lipinski definition) is 1. The lowest BCUT2D eigenvalue weighted by atomic mass is 10.1. The van der Waals surface area contributed by atoms with E-state index in [1.165, 1.54) is 0 Å². The van der Waals surface area contributed by atoms with Crippen molar-refractivity contribution >= 4 is 15.9 Å². The second kappa shape index (κ2) is 4.84. The van der Waals surface area contributed by atoms with Crippen molar-refractivity contribution in [3.63, 3.8) is 0 Å². The van der Waals surface area contributed by atoms with Crippen LogP contribution in [0.5, 0.6) is 0 Å². The summed E-state index contributed by atoms with van der Waals surface area (Å²) in [4.78, 5) is 4.03. The maximum absolute atomic E-state index is 5.62. The van der Waals surface area contributed by atoms with Crippen LogP contribution in [-0.4, -0.2) is 25.7 Å². The van der Waals surface area contributed by atoms with Gasteiger partial charge in [0.2, 0.25) is 5.79 Å². The molecule has 0 saturated heterocycles. The monoisotopic (exact) mass is 260 g/mol. The second-order valence-corrected chi connectivity index (χ2v) is 3.67. The Bertz CT molecular complexity index is 294. The highest BCUT2D eigenvalue weighted by Gasteiger charge is 2.30. The van der Waals surface area contributed by atoms with E-state index in [9.17, 15) is 0 Å². The van der Waals surface area contributed by atoms with Gasteiger partial charge >= 0.3 is 0 Å². The Balaban J connectivity index is 3.10. The molecule has 0 aliphatic rings. The summed E-state index contributed by atoms with van der Waals surface area (Å²) in [6.07, 6.45) is 3.36. The SMILES string of the molecule is COC(CN)(OC)c1cncc(Br)c1. The smallest absolute Gasteiger partial charge is 0.208 e. The summed E-state index contributed by atoms with van der Waals surface area (Å²) < 4.78 is 11.4. The van der Waals surface area contributed by atoms with Crippen LogP contribution in [0, 0.1) is 0 Å². The number of ether oxygens (including phenoxy) is 2. The van der Waals surface area contributed by atoms with Gasteiger partial charge in [-0.15, -0.1) is 0 Å². The number of halogens is 1. The van der Waals surface area contributed by atoms with E-state index in [-0.39, 0.29) is 6.54 Å². The van der Waals surface area contributed by atoms with Gasteiger partial charge in [0.15, 0.2) is 0 Å². The van der Waals surface area contributed by atoms with Crippen molar-refractivity contribution in [2.75, 3.05) is 20.8 Å². The molecule has 0 spiro atoms. The molecule has 5 heteroatoms. The van der Waals surface area contributed by atoms with Crippen LogP contribution in [0.3, 0.4) is 0 Å². The van der Waals surface area contributed by atoms with Gasteiger partial charge in [0.05, 0.1) is 6.54 Å². The molecule has 0 unspecified atom stereocenters. The first kappa shape index (κ1) is 11.6. The first-order valence-corrected chi connectivity index (χ1v) is 4.89. The average Bonchev–Trinajstić information content (AvgIpc) is 2.22. The van der Waals surface area contributed by atoms with Gasteiger partial charge in [-0.25, -0.2) is 0 Å². The van der Waals surface area contributed by atoms with E-state index < -0.39 is 5.79 Å². The minimum absolute atomic E-state index is 0.234. The van der Waals surface area contributed by atoms with Crippen molar-refractivity contribution in [3.05, 3.63) is 28.5 Å². The number of nitrogens with zero attached hydrogens (tertiary/aromatic N) is 1. The van der Waals surface area contributed by atoms with E-state index in [1.54, 1.807) is 26.6 Å². The van der Waals surface area contributed by atoms with Crippen LogP contribution >= 0.6 is 15.9 Å². The summed E-state index contributed by atoms with van der Waals surface area (Å²) in [6.45, 7) is 0.234. The predicted molar refractivity (Wildman–Crippen MR) is 56.7 cm³/mol. The first-order chi connectivity index (χ1) is 6.68. The fourth-order valence-electron chi connectivity index (χ4n) is 1.22. The largest absolute Gasteiger partial charge is 0.348 e. The van der Waals surface area contributed by atoms with E-state index in [2.05, 4.69) is 20.9 Å². The quantitative estimate of drug-likeness (QED) is 0.829. The lowest BCUT2D eigenvalue weighted by Gasteiger charge is -2.29. The van der Waals surface area contributed by atoms with Crippen LogP contribution < -0.4 is 5.73 Å². The maximum atomic E-state index is 5.62. The fraction of sp³-hybridized carbons (Fsp3) is 0.444. The predicted octanol–water partition coefficient (Wildman–Crippen LogP) is 1.25. The number of hydrogen-bond acceptors (Lipinski definition) is 4. The summed E-state index contributed by atoms with van der Waals surface area (Å²) in [6, 6.07) is 1.87. The summed E-state index contributed by atoms with van der Waals surface area (Å²) >= 11 is 3.33. The highest BCUT2D eigenvalue weighted by atomic mass is 79.9. The number of rotatable bonds is 4. The highest BCUT2D eigenvalue weighted by molar-refractivity contribution is 9.10. The summed E-state index contributed by atoms with van der Waals surface area (Å²) in [5, 5.41) is 0. The van der Waals surface area contributed by atoms with Gasteiger partial charge in [0.25, 0.3) is 0 Å². The standard InChI is InChI=1S/C9H13BrN2O2/c1-13-9(6-11,14-2)7-3-8(10)5-12-4-7/h3-5H,6,11H2,1-2H3. The van der Waals surface area contributed by atoms with E-state index >= 15 is 0 Å². The van der Waals surface area contributed by atoms with Gasteiger partial charge in [-0.3, -0.25) is 4.98 Å². The van der Waals surface area contributed by atoms with Crippen LogP contribution in [-0.2, 0) is 15.3 Å². The third kappa shape index (κ3) is 2.12. The van der Waals surface area contributed by atoms with Crippen LogP contribution in [0.15, 0.2) is 22.9 Å². The zero-order chi connectivity index (χ0) is 10.6. The van der Waals surface area contributed by atoms with Gasteiger partial charge < -0.3 is 15.2 Å². The highest BCUT2D eigenvalue weighted by Crippen LogP contribution is 2.25. The molecule has 1 aromatic rings. The van der Waals surface area contributed by atoms with E-state index in [4.69, 9.17) is 15.2 Å². The Morgan fingerprint density at radius 3 is 2.50 bits per heavy atom. The Morgan fingerprint density at radius 2 is 2.07 bits per heavy atom. The summed E-state index contributed by atoms with van der Waals surface area (Å²) in [7, 11) is 3.11. The zero-order valence-electron chi connectivity index (χ0n) is 8.16. The van der Waals surface area contributed by atoms with Crippen molar-refractivity contribution < 1.29 is 9.47 Å². The zero-order valence-corrected chi connectivity index (χ0v) is 9.74. The second-order valence-electron chi connectivity index (χ2n) is 2.76. The normalized spacial score (nSPS) is 11.7. The Kier molecular flexibility index (Phi) is 4.00. The minimum Gasteiger partial charge on any atom is -0.348 e. The topological polar surface area (TPSA) is 57.4 Å². The van der Waals surface area contributed by atoms with Crippen molar-refractivity contribution in [2.24, 2.45) is 5.73 Å². The molecule has 14 heavy (non-hydrogen) atoms. The van der Waals surface area contributed by atoms with Crippen molar-refractivity contribution in [1.29, 1.82) is 0 Å². The molecule has 4 nitrogen and oxygen atoms in total. The van der Waals surface area contributed by atoms with E-state index in [0.717, 1.165) is 10.0 Å². The molecule has 1 aromatic heterocycles. The van der Waals surface area contributed by atoms with Gasteiger partial charge in [-0.1, -0.05) is 0 Å². The van der Waals surface area contributed by atoms with Crippen molar-refractivity contribution in [3.8, 4) is 0 Å². The third-order valence-corrected chi connectivity index (χ3v) is 2.51. The number of aromatic nitrogens is 1. The van der Waals surface area contributed by atoms with Gasteiger partial charge in [0, 0.05) is 36.6 Å². The van der Waals surface area contributed by atoms with Crippen LogP contribution in [0.4, 0.5) is 0 Å². The molecule has 0 radical (unpaired) electrons. The molecule has 2 N–H and O–H groups in total. The Hall–Kier alpha value is -0.490. The third-order valence-electron chi connectivity index (χ3n) is 2.07. The number of nitrogens with two attached hydrogens (primary N) is 1. The Morgan fingerprint density at radius 1 is 1.43 bits per heavy atom. The molecule has 0 aliphatic carbocycles.